The van der Waals surface area contributed by atoms with E-state index in [0.29, 0.717) is 0 Å². The summed E-state index contributed by atoms with van der Waals surface area (Å²) in [5.41, 5.74) is 0. The molecule has 2 fully saturated rings. The van der Waals surface area contributed by atoms with E-state index < -0.39 is 42.4 Å². The number of hydrogen-bond donors (Lipinski definition) is 4. The van der Waals surface area contributed by atoms with Crippen molar-refractivity contribution in [1.29, 1.82) is 0 Å². The Balaban J connectivity index is 1.95. The first-order valence-electron chi connectivity index (χ1n) is 11.9. The molecule has 3 amide bonds. The van der Waals surface area contributed by atoms with E-state index in [1.165, 1.54) is 0 Å². The van der Waals surface area contributed by atoms with E-state index in [4.69, 9.17) is 4.74 Å². The lowest BCUT2D eigenvalue weighted by Gasteiger charge is -2.35. The largest absolute Gasteiger partial charge is 0.465 e. The van der Waals surface area contributed by atoms with Crippen molar-refractivity contribution in [1.82, 2.24) is 24.5 Å². The lowest BCUT2D eigenvalue weighted by molar-refractivity contribution is -0.167. The van der Waals surface area contributed by atoms with Crippen molar-refractivity contribution in [3.63, 3.8) is 0 Å². The predicted molar refractivity (Wildman–Crippen MR) is 124 cm³/mol. The Kier molecular flexibility index (Phi) is 11.8. The minimum absolute atomic E-state index is 0.0176. The summed E-state index contributed by atoms with van der Waals surface area (Å²) in [5, 5.41) is 39.1. The van der Waals surface area contributed by atoms with Gasteiger partial charge in [-0.15, -0.1) is 0 Å². The highest BCUT2D eigenvalue weighted by Gasteiger charge is 2.28. The highest BCUT2D eigenvalue weighted by molar-refractivity contribution is 5.90. The third kappa shape index (κ3) is 10.4. The van der Waals surface area contributed by atoms with Crippen LogP contribution in [0.3, 0.4) is 0 Å². The second-order valence-electron chi connectivity index (χ2n) is 8.91. The third-order valence-corrected chi connectivity index (χ3v) is 6.05. The van der Waals surface area contributed by atoms with E-state index in [2.05, 4.69) is 4.74 Å². The minimum atomic E-state index is -1.27. The van der Waals surface area contributed by atoms with Gasteiger partial charge < -0.3 is 44.6 Å². The van der Waals surface area contributed by atoms with Crippen LogP contribution >= 0.6 is 0 Å². The van der Waals surface area contributed by atoms with Gasteiger partial charge in [0.1, 0.15) is 0 Å². The number of nitrogens with zero attached hydrogens (tertiary/aromatic N) is 5. The number of aliphatic hydroxyl groups is 1. The first-order valence-corrected chi connectivity index (χ1v) is 11.9. The van der Waals surface area contributed by atoms with Crippen LogP contribution in [0.25, 0.3) is 0 Å². The molecule has 2 aliphatic heterocycles. The Labute approximate surface area is 213 Å². The van der Waals surface area contributed by atoms with Crippen molar-refractivity contribution in [3.8, 4) is 0 Å². The van der Waals surface area contributed by atoms with E-state index in [9.17, 15) is 44.4 Å². The molecule has 2 atom stereocenters. The molecule has 37 heavy (non-hydrogen) atoms. The van der Waals surface area contributed by atoms with Crippen molar-refractivity contribution in [3.05, 3.63) is 0 Å². The molecular weight excluding hydrogens is 498 g/mol. The van der Waals surface area contributed by atoms with E-state index in [1.54, 1.807) is 16.7 Å². The lowest BCUT2D eigenvalue weighted by Crippen LogP contribution is -2.53. The van der Waals surface area contributed by atoms with Crippen LogP contribution in [0.1, 0.15) is 6.92 Å². The minimum Gasteiger partial charge on any atom is -0.465 e. The van der Waals surface area contributed by atoms with Gasteiger partial charge >= 0.3 is 30.2 Å². The maximum atomic E-state index is 11.8. The summed E-state index contributed by atoms with van der Waals surface area (Å²) >= 11 is 0. The number of cyclic esters (lactones) is 2. The molecule has 0 spiro atoms. The summed E-state index contributed by atoms with van der Waals surface area (Å²) in [5.74, 6) is -1.27. The molecule has 0 aromatic heterocycles. The zero-order valence-electron chi connectivity index (χ0n) is 20.7. The number of esters is 2. The van der Waals surface area contributed by atoms with Gasteiger partial charge in [-0.3, -0.25) is 19.4 Å². The summed E-state index contributed by atoms with van der Waals surface area (Å²) in [6, 6.07) is -0.680. The Morgan fingerprint density at radius 2 is 1.46 bits per heavy atom. The number of aliphatic hydroxyl groups excluding tert-OH is 1. The molecular formula is C21H35N5O11. The van der Waals surface area contributed by atoms with Gasteiger partial charge in [-0.05, 0) is 6.92 Å². The maximum absolute atomic E-state index is 11.8. The van der Waals surface area contributed by atoms with Crippen LogP contribution in [0.2, 0.25) is 0 Å². The summed E-state index contributed by atoms with van der Waals surface area (Å²) < 4.78 is 9.91. The predicted octanol–water partition coefficient (Wildman–Crippen LogP) is -1.61. The average molecular weight is 534 g/mol. The van der Waals surface area contributed by atoms with Gasteiger partial charge in [-0.2, -0.15) is 0 Å². The molecule has 0 saturated carbocycles. The zero-order chi connectivity index (χ0) is 27.5. The quantitative estimate of drug-likeness (QED) is 0.166. The van der Waals surface area contributed by atoms with E-state index in [-0.39, 0.29) is 85.2 Å². The summed E-state index contributed by atoms with van der Waals surface area (Å²) in [6.07, 6.45) is -4.68. The molecule has 0 bridgehead atoms. The smallest absolute Gasteiger partial charge is 0.407 e. The van der Waals surface area contributed by atoms with Crippen LogP contribution < -0.4 is 0 Å². The molecule has 2 heterocycles. The molecule has 2 aliphatic rings. The van der Waals surface area contributed by atoms with E-state index in [1.807, 2.05) is 0 Å². The zero-order valence-corrected chi connectivity index (χ0v) is 20.7. The molecule has 0 radical (unpaired) electrons. The average Bonchev–Trinajstić information content (AvgIpc) is 2.78. The number of ether oxygens (including phenoxy) is 2. The van der Waals surface area contributed by atoms with Crippen LogP contribution in [0.4, 0.5) is 14.4 Å². The van der Waals surface area contributed by atoms with Gasteiger partial charge in [0.25, 0.3) is 0 Å². The van der Waals surface area contributed by atoms with Crippen LogP contribution in [-0.2, 0) is 19.1 Å². The molecule has 2 unspecified atom stereocenters. The van der Waals surface area contributed by atoms with Gasteiger partial charge in [-0.25, -0.2) is 14.4 Å². The van der Waals surface area contributed by atoms with Crippen molar-refractivity contribution >= 4 is 30.2 Å². The molecule has 0 aromatic rings. The summed E-state index contributed by atoms with van der Waals surface area (Å²) in [6.45, 7) is 2.01. The van der Waals surface area contributed by atoms with Gasteiger partial charge in [0, 0.05) is 64.9 Å². The molecule has 210 valence electrons. The first-order chi connectivity index (χ1) is 17.5. The molecule has 16 nitrogen and oxygen atoms in total. The SMILES string of the molecule is CC1CN(C(=O)O)CCN(C(=O)O)CCN(CC(O)COCCN2CC(=O)OC(=O)C2)CCN1C(=O)O. The molecule has 0 aliphatic carbocycles. The highest BCUT2D eigenvalue weighted by Crippen LogP contribution is 2.08. The maximum Gasteiger partial charge on any atom is 0.407 e. The van der Waals surface area contributed by atoms with Crippen LogP contribution in [0.15, 0.2) is 0 Å². The van der Waals surface area contributed by atoms with Crippen molar-refractivity contribution < 1.29 is 53.9 Å². The van der Waals surface area contributed by atoms with Gasteiger partial charge in [0.15, 0.2) is 0 Å². The van der Waals surface area contributed by atoms with Gasteiger partial charge in [-0.1, -0.05) is 0 Å². The van der Waals surface area contributed by atoms with Crippen LogP contribution in [0, 0.1) is 0 Å². The Morgan fingerprint density at radius 3 is 2.05 bits per heavy atom. The fourth-order valence-electron chi connectivity index (χ4n) is 4.07. The number of carbonyl (C=O) groups excluding carboxylic acids is 2. The number of rotatable bonds is 7. The number of carboxylic acid groups (broad SMARTS) is 3. The second-order valence-corrected chi connectivity index (χ2v) is 8.91. The summed E-state index contributed by atoms with van der Waals surface area (Å²) in [7, 11) is 0. The van der Waals surface area contributed by atoms with Gasteiger partial charge in [0.05, 0.1) is 32.4 Å². The third-order valence-electron chi connectivity index (χ3n) is 6.05. The summed E-state index contributed by atoms with van der Waals surface area (Å²) in [4.78, 5) is 64.1. The Hall–Kier alpha value is -3.21. The number of carbonyl (C=O) groups is 5. The topological polar surface area (TPSA) is 201 Å². The Morgan fingerprint density at radius 1 is 0.892 bits per heavy atom. The van der Waals surface area contributed by atoms with E-state index >= 15 is 0 Å². The normalized spacial score (nSPS) is 22.1. The highest BCUT2D eigenvalue weighted by atomic mass is 16.6. The van der Waals surface area contributed by atoms with Crippen LogP contribution in [0.5, 0.6) is 0 Å². The van der Waals surface area contributed by atoms with Crippen molar-refractivity contribution in [2.75, 3.05) is 85.2 Å². The number of amides is 3. The Bertz CT molecular complexity index is 813. The van der Waals surface area contributed by atoms with Crippen LogP contribution in [-0.4, -0.2) is 172 Å². The number of morpholine rings is 1. The van der Waals surface area contributed by atoms with Crippen molar-refractivity contribution in [2.24, 2.45) is 0 Å². The molecule has 2 saturated heterocycles. The van der Waals surface area contributed by atoms with Crippen molar-refractivity contribution in [2.45, 2.75) is 19.1 Å². The number of hydrogen-bond acceptors (Lipinski definition) is 10. The standard InChI is InChI=1S/C21H35N5O11/c1-15-10-25(20(32)33)6-5-24(19(30)31)4-2-22(3-7-26(15)21(34)35)11-16(27)14-36-9-8-23-12-17(28)37-18(29)13-23/h15-16,27H,2-14H2,1H3,(H,30,31)(H,32,33)(H,34,35). The fraction of sp³-hybridized carbons (Fsp3) is 0.762. The molecule has 2 rings (SSSR count). The van der Waals surface area contributed by atoms with Gasteiger partial charge in [0.2, 0.25) is 0 Å². The first kappa shape index (κ1) is 30.0. The number of β-amino-alcohol motifs (C(OH)–C–C–N with tert-alkyl or cyclic N) is 1. The molecule has 4 N–H and O–H groups in total. The second kappa shape index (κ2) is 14.5. The monoisotopic (exact) mass is 533 g/mol. The van der Waals surface area contributed by atoms with E-state index in [0.717, 1.165) is 14.7 Å². The lowest BCUT2D eigenvalue weighted by atomic mass is 10.2. The fourth-order valence-corrected chi connectivity index (χ4v) is 4.07. The molecule has 0 aromatic carbocycles. The molecule has 16 heteroatoms.